The lowest BCUT2D eigenvalue weighted by molar-refractivity contribution is 0.314. The topological polar surface area (TPSA) is 70.6 Å². The van der Waals surface area contributed by atoms with Gasteiger partial charge in [-0.2, -0.15) is 0 Å². The van der Waals surface area contributed by atoms with Crippen LogP contribution in [0.5, 0.6) is 0 Å². The molecule has 0 spiro atoms. The molecule has 0 saturated carbocycles. The standard InChI is InChI=1S/C11H21N3O/c1-9(11(12)14-15)8-13-7-6-10-4-2-3-5-10/h4,9,13,15H,2-3,5-8H2,1H3,(H2,12,14). The van der Waals surface area contributed by atoms with E-state index in [1.807, 2.05) is 6.92 Å². The normalized spacial score (nSPS) is 19.0. The molecule has 0 bridgehead atoms. The Kier molecular flexibility index (Phi) is 5.18. The highest BCUT2D eigenvalue weighted by atomic mass is 16.4. The van der Waals surface area contributed by atoms with Crippen LogP contribution in [0.25, 0.3) is 0 Å². The van der Waals surface area contributed by atoms with Crippen LogP contribution in [0, 0.1) is 5.92 Å². The van der Waals surface area contributed by atoms with Gasteiger partial charge in [-0.15, -0.1) is 0 Å². The molecule has 1 aliphatic carbocycles. The van der Waals surface area contributed by atoms with Crippen molar-refractivity contribution >= 4 is 5.84 Å². The van der Waals surface area contributed by atoms with Gasteiger partial charge < -0.3 is 16.3 Å². The Labute approximate surface area is 91.2 Å². The summed E-state index contributed by atoms with van der Waals surface area (Å²) in [6.45, 7) is 3.69. The number of nitrogens with one attached hydrogen (secondary N) is 1. The van der Waals surface area contributed by atoms with E-state index in [1.54, 1.807) is 5.57 Å². The van der Waals surface area contributed by atoms with E-state index in [9.17, 15) is 0 Å². The quantitative estimate of drug-likeness (QED) is 0.155. The van der Waals surface area contributed by atoms with E-state index in [2.05, 4.69) is 16.5 Å². The van der Waals surface area contributed by atoms with E-state index in [0.29, 0.717) is 5.84 Å². The van der Waals surface area contributed by atoms with E-state index in [0.717, 1.165) is 19.5 Å². The first-order valence-corrected chi connectivity index (χ1v) is 5.60. The molecule has 0 heterocycles. The van der Waals surface area contributed by atoms with Crippen LogP contribution >= 0.6 is 0 Å². The SMILES string of the molecule is CC(CNCCC1=CCCC1)C(N)=NO. The molecule has 0 aliphatic heterocycles. The third-order valence-corrected chi connectivity index (χ3v) is 2.83. The van der Waals surface area contributed by atoms with Crippen LogP contribution in [0.3, 0.4) is 0 Å². The first-order chi connectivity index (χ1) is 7.24. The van der Waals surface area contributed by atoms with Crippen molar-refractivity contribution in [3.05, 3.63) is 11.6 Å². The Morgan fingerprint density at radius 2 is 2.53 bits per heavy atom. The van der Waals surface area contributed by atoms with Gasteiger partial charge in [0.15, 0.2) is 0 Å². The number of amidine groups is 1. The molecule has 15 heavy (non-hydrogen) atoms. The molecular weight excluding hydrogens is 190 g/mol. The predicted molar refractivity (Wildman–Crippen MR) is 62.0 cm³/mol. The van der Waals surface area contributed by atoms with Gasteiger partial charge in [0.1, 0.15) is 5.84 Å². The van der Waals surface area contributed by atoms with E-state index in [1.165, 1.54) is 19.3 Å². The van der Waals surface area contributed by atoms with Crippen molar-refractivity contribution < 1.29 is 5.21 Å². The Bertz CT molecular complexity index is 248. The van der Waals surface area contributed by atoms with E-state index >= 15 is 0 Å². The molecule has 0 aromatic carbocycles. The van der Waals surface area contributed by atoms with Crippen molar-refractivity contribution in [1.82, 2.24) is 5.32 Å². The van der Waals surface area contributed by atoms with Crippen molar-refractivity contribution in [2.75, 3.05) is 13.1 Å². The number of oxime groups is 1. The molecule has 0 aromatic rings. The maximum atomic E-state index is 8.46. The summed E-state index contributed by atoms with van der Waals surface area (Å²) in [7, 11) is 0. The van der Waals surface area contributed by atoms with Crippen molar-refractivity contribution in [2.45, 2.75) is 32.6 Å². The van der Waals surface area contributed by atoms with Crippen molar-refractivity contribution in [3.8, 4) is 0 Å². The molecular formula is C11H21N3O. The zero-order valence-corrected chi connectivity index (χ0v) is 9.37. The monoisotopic (exact) mass is 211 g/mol. The third-order valence-electron chi connectivity index (χ3n) is 2.83. The van der Waals surface area contributed by atoms with Gasteiger partial charge in [-0.1, -0.05) is 23.7 Å². The number of nitrogens with zero attached hydrogens (tertiary/aromatic N) is 1. The van der Waals surface area contributed by atoms with Crippen molar-refractivity contribution in [2.24, 2.45) is 16.8 Å². The van der Waals surface area contributed by atoms with Gasteiger partial charge in [0.25, 0.3) is 0 Å². The molecule has 1 aliphatic rings. The fourth-order valence-corrected chi connectivity index (χ4v) is 1.74. The number of allylic oxidation sites excluding steroid dienone is 1. The second-order valence-electron chi connectivity index (χ2n) is 4.13. The van der Waals surface area contributed by atoms with Crippen molar-refractivity contribution in [1.29, 1.82) is 0 Å². The van der Waals surface area contributed by atoms with Crippen LogP contribution in [0.4, 0.5) is 0 Å². The molecule has 0 aromatic heterocycles. The van der Waals surface area contributed by atoms with Crippen LogP contribution in [-0.2, 0) is 0 Å². The summed E-state index contributed by atoms with van der Waals surface area (Å²) in [4.78, 5) is 0. The number of hydrogen-bond donors (Lipinski definition) is 3. The Hall–Kier alpha value is -1.03. The minimum Gasteiger partial charge on any atom is -0.409 e. The zero-order valence-electron chi connectivity index (χ0n) is 9.37. The van der Waals surface area contributed by atoms with E-state index in [4.69, 9.17) is 10.9 Å². The highest BCUT2D eigenvalue weighted by Crippen LogP contribution is 2.19. The highest BCUT2D eigenvalue weighted by molar-refractivity contribution is 5.82. The van der Waals surface area contributed by atoms with E-state index in [-0.39, 0.29) is 5.92 Å². The molecule has 4 N–H and O–H groups in total. The first-order valence-electron chi connectivity index (χ1n) is 5.60. The predicted octanol–water partition coefficient (Wildman–Crippen LogP) is 1.46. The van der Waals surface area contributed by atoms with Gasteiger partial charge in [-0.25, -0.2) is 0 Å². The van der Waals surface area contributed by atoms with Gasteiger partial charge in [-0.3, -0.25) is 0 Å². The second kappa shape index (κ2) is 6.45. The molecule has 86 valence electrons. The average molecular weight is 211 g/mol. The summed E-state index contributed by atoms with van der Waals surface area (Å²) < 4.78 is 0. The molecule has 4 heteroatoms. The minimum absolute atomic E-state index is 0.0903. The van der Waals surface area contributed by atoms with Gasteiger partial charge in [-0.05, 0) is 32.2 Å². The molecule has 0 fully saturated rings. The average Bonchev–Trinajstić information content (AvgIpc) is 2.75. The fraction of sp³-hybridized carbons (Fsp3) is 0.727. The molecule has 0 radical (unpaired) electrons. The highest BCUT2D eigenvalue weighted by Gasteiger charge is 2.07. The lowest BCUT2D eigenvalue weighted by Gasteiger charge is -2.10. The third kappa shape index (κ3) is 4.34. The van der Waals surface area contributed by atoms with Crippen molar-refractivity contribution in [3.63, 3.8) is 0 Å². The summed E-state index contributed by atoms with van der Waals surface area (Å²) in [5.41, 5.74) is 7.04. The van der Waals surface area contributed by atoms with Crippen LogP contribution in [-0.4, -0.2) is 24.1 Å². The molecule has 1 unspecified atom stereocenters. The number of nitrogens with two attached hydrogens (primary N) is 1. The summed E-state index contributed by atoms with van der Waals surface area (Å²) in [6, 6.07) is 0. The largest absolute Gasteiger partial charge is 0.409 e. The molecule has 1 atom stereocenters. The molecule has 0 saturated heterocycles. The molecule has 4 nitrogen and oxygen atoms in total. The lowest BCUT2D eigenvalue weighted by Crippen LogP contribution is -2.31. The zero-order chi connectivity index (χ0) is 11.1. The minimum atomic E-state index is 0.0903. The van der Waals surface area contributed by atoms with E-state index < -0.39 is 0 Å². The summed E-state index contributed by atoms with van der Waals surface area (Å²) in [5, 5.41) is 14.8. The Morgan fingerprint density at radius 1 is 1.73 bits per heavy atom. The van der Waals surface area contributed by atoms with Gasteiger partial charge in [0.2, 0.25) is 0 Å². The number of hydrogen-bond acceptors (Lipinski definition) is 3. The summed E-state index contributed by atoms with van der Waals surface area (Å²) in [6.07, 6.45) is 7.29. The molecule has 0 amide bonds. The van der Waals surface area contributed by atoms with Crippen LogP contribution in [0.2, 0.25) is 0 Å². The second-order valence-corrected chi connectivity index (χ2v) is 4.13. The summed E-state index contributed by atoms with van der Waals surface area (Å²) in [5.74, 6) is 0.384. The lowest BCUT2D eigenvalue weighted by atomic mass is 10.1. The van der Waals surface area contributed by atoms with Crippen LogP contribution in [0.15, 0.2) is 16.8 Å². The summed E-state index contributed by atoms with van der Waals surface area (Å²) >= 11 is 0. The Morgan fingerprint density at radius 3 is 3.13 bits per heavy atom. The number of rotatable bonds is 6. The molecule has 1 rings (SSSR count). The first kappa shape index (κ1) is 12.0. The van der Waals surface area contributed by atoms with Crippen LogP contribution < -0.4 is 11.1 Å². The van der Waals surface area contributed by atoms with Gasteiger partial charge >= 0.3 is 0 Å². The fourth-order valence-electron chi connectivity index (χ4n) is 1.74. The maximum absolute atomic E-state index is 8.46. The van der Waals surface area contributed by atoms with Crippen LogP contribution in [0.1, 0.15) is 32.6 Å². The van der Waals surface area contributed by atoms with Gasteiger partial charge in [0, 0.05) is 12.5 Å². The Balaban J connectivity index is 2.06. The smallest absolute Gasteiger partial charge is 0.143 e. The maximum Gasteiger partial charge on any atom is 0.143 e. The van der Waals surface area contributed by atoms with Gasteiger partial charge in [0.05, 0.1) is 0 Å².